The first kappa shape index (κ1) is 15.0. The summed E-state index contributed by atoms with van der Waals surface area (Å²) in [6, 6.07) is 11.8. The molecule has 0 aromatic heterocycles. The quantitative estimate of drug-likeness (QED) is 0.733. The number of hydrogen-bond acceptors (Lipinski definition) is 4. The third kappa shape index (κ3) is 4.69. The minimum Gasteiger partial charge on any atom is -0.385 e. The van der Waals surface area contributed by atoms with Gasteiger partial charge in [0.1, 0.15) is 5.54 Å². The summed E-state index contributed by atoms with van der Waals surface area (Å²) in [6.07, 6.45) is 1.71. The maximum absolute atomic E-state index is 9.28. The Kier molecular flexibility index (Phi) is 6.81. The van der Waals surface area contributed by atoms with Crippen molar-refractivity contribution >= 4 is 11.8 Å². The predicted molar refractivity (Wildman–Crippen MR) is 76.4 cm³/mol. The number of nitrogens with zero attached hydrogens (tertiary/aromatic N) is 1. The van der Waals surface area contributed by atoms with Crippen molar-refractivity contribution in [2.75, 3.05) is 25.2 Å². The van der Waals surface area contributed by atoms with Gasteiger partial charge in [0.2, 0.25) is 0 Å². The molecule has 0 saturated carbocycles. The molecule has 0 amide bonds. The van der Waals surface area contributed by atoms with Crippen molar-refractivity contribution in [2.24, 2.45) is 5.73 Å². The number of nitrogens with two attached hydrogens (primary N) is 1. The molecule has 1 unspecified atom stereocenters. The smallest absolute Gasteiger partial charge is 0.130 e. The molecule has 0 heterocycles. The molecule has 0 aliphatic heterocycles. The molecule has 0 saturated heterocycles. The molecule has 0 radical (unpaired) electrons. The molecular formula is C14H20N2OS. The van der Waals surface area contributed by atoms with Crippen LogP contribution in [0.3, 0.4) is 0 Å². The average molecular weight is 264 g/mol. The Balaban J connectivity index is 2.40. The van der Waals surface area contributed by atoms with Gasteiger partial charge >= 0.3 is 0 Å². The fourth-order valence-electron chi connectivity index (χ4n) is 1.64. The molecule has 18 heavy (non-hydrogen) atoms. The SMILES string of the molecule is COCCCSCCC(N)(C#N)c1ccccc1. The summed E-state index contributed by atoms with van der Waals surface area (Å²) in [5, 5.41) is 9.28. The van der Waals surface area contributed by atoms with Crippen LogP contribution in [-0.2, 0) is 10.3 Å². The Morgan fingerprint density at radius 2 is 2.06 bits per heavy atom. The van der Waals surface area contributed by atoms with Crippen molar-refractivity contribution in [1.82, 2.24) is 0 Å². The molecule has 4 heteroatoms. The first-order chi connectivity index (χ1) is 8.73. The average Bonchev–Trinajstić information content (AvgIpc) is 2.43. The van der Waals surface area contributed by atoms with Gasteiger partial charge in [-0.05, 0) is 29.9 Å². The Labute approximate surface area is 113 Å². The van der Waals surface area contributed by atoms with Gasteiger partial charge in [-0.3, -0.25) is 0 Å². The molecule has 1 atom stereocenters. The van der Waals surface area contributed by atoms with Crippen LogP contribution in [0.1, 0.15) is 18.4 Å². The number of methoxy groups -OCH3 is 1. The number of benzene rings is 1. The predicted octanol–water partition coefficient (Wildman–Crippen LogP) is 2.52. The largest absolute Gasteiger partial charge is 0.385 e. The lowest BCUT2D eigenvalue weighted by molar-refractivity contribution is 0.200. The van der Waals surface area contributed by atoms with Crippen molar-refractivity contribution in [3.8, 4) is 6.07 Å². The number of nitriles is 1. The van der Waals surface area contributed by atoms with Crippen LogP contribution >= 0.6 is 11.8 Å². The zero-order valence-electron chi connectivity index (χ0n) is 10.8. The molecule has 1 rings (SSSR count). The van der Waals surface area contributed by atoms with E-state index in [4.69, 9.17) is 10.5 Å². The van der Waals surface area contributed by atoms with Crippen molar-refractivity contribution in [3.63, 3.8) is 0 Å². The van der Waals surface area contributed by atoms with Gasteiger partial charge in [0.05, 0.1) is 6.07 Å². The van der Waals surface area contributed by atoms with E-state index in [1.54, 1.807) is 7.11 Å². The minimum absolute atomic E-state index is 0.672. The van der Waals surface area contributed by atoms with Crippen LogP contribution in [0, 0.1) is 11.3 Å². The van der Waals surface area contributed by atoms with Crippen LogP contribution in [-0.4, -0.2) is 25.2 Å². The van der Waals surface area contributed by atoms with Gasteiger partial charge in [0, 0.05) is 13.7 Å². The minimum atomic E-state index is -0.866. The van der Waals surface area contributed by atoms with Gasteiger partial charge in [-0.1, -0.05) is 30.3 Å². The Morgan fingerprint density at radius 3 is 2.67 bits per heavy atom. The monoisotopic (exact) mass is 264 g/mol. The molecule has 3 nitrogen and oxygen atoms in total. The molecule has 0 aliphatic carbocycles. The maximum atomic E-state index is 9.28. The van der Waals surface area contributed by atoms with E-state index in [0.717, 1.165) is 30.1 Å². The zero-order valence-corrected chi connectivity index (χ0v) is 11.6. The second kappa shape index (κ2) is 8.15. The highest BCUT2D eigenvalue weighted by Gasteiger charge is 2.26. The summed E-state index contributed by atoms with van der Waals surface area (Å²) >= 11 is 1.82. The summed E-state index contributed by atoms with van der Waals surface area (Å²) in [6.45, 7) is 0.789. The highest BCUT2D eigenvalue weighted by molar-refractivity contribution is 7.99. The molecule has 2 N–H and O–H groups in total. The van der Waals surface area contributed by atoms with E-state index in [1.165, 1.54) is 0 Å². The summed E-state index contributed by atoms with van der Waals surface area (Å²) in [7, 11) is 1.71. The third-order valence-corrected chi connectivity index (χ3v) is 3.84. The van der Waals surface area contributed by atoms with Crippen molar-refractivity contribution in [3.05, 3.63) is 35.9 Å². The molecule has 0 fully saturated rings. The topological polar surface area (TPSA) is 59.0 Å². The number of hydrogen-bond donors (Lipinski definition) is 1. The van der Waals surface area contributed by atoms with Gasteiger partial charge in [0.15, 0.2) is 0 Å². The van der Waals surface area contributed by atoms with Crippen LogP contribution in [0.15, 0.2) is 30.3 Å². The van der Waals surface area contributed by atoms with Gasteiger partial charge in [-0.2, -0.15) is 17.0 Å². The van der Waals surface area contributed by atoms with E-state index in [2.05, 4.69) is 6.07 Å². The van der Waals surface area contributed by atoms with E-state index in [0.29, 0.717) is 6.42 Å². The summed E-state index contributed by atoms with van der Waals surface area (Å²) < 4.78 is 4.99. The Bertz CT molecular complexity index is 377. The van der Waals surface area contributed by atoms with Crippen LogP contribution in [0.4, 0.5) is 0 Å². The summed E-state index contributed by atoms with van der Waals surface area (Å²) in [5.41, 5.74) is 6.19. The van der Waals surface area contributed by atoms with E-state index in [-0.39, 0.29) is 0 Å². The lowest BCUT2D eigenvalue weighted by Gasteiger charge is -2.21. The first-order valence-electron chi connectivity index (χ1n) is 6.05. The molecule has 98 valence electrons. The Morgan fingerprint density at radius 1 is 1.33 bits per heavy atom. The van der Waals surface area contributed by atoms with Gasteiger partial charge in [0.25, 0.3) is 0 Å². The summed E-state index contributed by atoms with van der Waals surface area (Å²) in [5.74, 6) is 1.94. The maximum Gasteiger partial charge on any atom is 0.130 e. The van der Waals surface area contributed by atoms with Crippen LogP contribution in [0.2, 0.25) is 0 Å². The molecule has 0 bridgehead atoms. The zero-order chi connectivity index (χ0) is 13.3. The Hall–Kier alpha value is -1.02. The lowest BCUT2D eigenvalue weighted by Crippen LogP contribution is -2.35. The fraction of sp³-hybridized carbons (Fsp3) is 0.500. The lowest BCUT2D eigenvalue weighted by atomic mass is 9.90. The normalized spacial score (nSPS) is 13.8. The van der Waals surface area contributed by atoms with Crippen LogP contribution in [0.5, 0.6) is 0 Å². The highest BCUT2D eigenvalue weighted by atomic mass is 32.2. The second-order valence-corrected chi connectivity index (χ2v) is 5.38. The molecule has 0 spiro atoms. The van der Waals surface area contributed by atoms with E-state index < -0.39 is 5.54 Å². The molecular weight excluding hydrogens is 244 g/mol. The van der Waals surface area contributed by atoms with Gasteiger partial charge < -0.3 is 10.5 Å². The van der Waals surface area contributed by atoms with E-state index >= 15 is 0 Å². The standard InChI is InChI=1S/C14H20N2OS/c1-17-9-5-10-18-11-8-14(16,12-15)13-6-3-2-4-7-13/h2-4,6-7H,5,8-11,16H2,1H3. The van der Waals surface area contributed by atoms with Crippen LogP contribution < -0.4 is 5.73 Å². The van der Waals surface area contributed by atoms with Gasteiger partial charge in [-0.15, -0.1) is 0 Å². The molecule has 1 aromatic rings. The van der Waals surface area contributed by atoms with E-state index in [1.807, 2.05) is 42.1 Å². The van der Waals surface area contributed by atoms with Crippen LogP contribution in [0.25, 0.3) is 0 Å². The first-order valence-corrected chi connectivity index (χ1v) is 7.21. The molecule has 1 aromatic carbocycles. The van der Waals surface area contributed by atoms with Crippen molar-refractivity contribution < 1.29 is 4.74 Å². The molecule has 0 aliphatic rings. The van der Waals surface area contributed by atoms with Crippen molar-refractivity contribution in [1.29, 1.82) is 5.26 Å². The van der Waals surface area contributed by atoms with Gasteiger partial charge in [-0.25, -0.2) is 0 Å². The second-order valence-electron chi connectivity index (χ2n) is 4.16. The number of ether oxygens (including phenoxy) is 1. The number of thioether (sulfide) groups is 1. The third-order valence-electron chi connectivity index (χ3n) is 2.77. The van der Waals surface area contributed by atoms with Crippen molar-refractivity contribution in [2.45, 2.75) is 18.4 Å². The van der Waals surface area contributed by atoms with E-state index in [9.17, 15) is 5.26 Å². The number of rotatable bonds is 8. The fourth-order valence-corrected chi connectivity index (χ4v) is 2.63. The summed E-state index contributed by atoms with van der Waals surface area (Å²) in [4.78, 5) is 0. The highest BCUT2D eigenvalue weighted by Crippen LogP contribution is 2.23.